The number of imidazole rings is 1. The number of esters is 1. The van der Waals surface area contributed by atoms with Gasteiger partial charge in [-0.1, -0.05) is 42.5 Å². The molecule has 5 rings (SSSR count). The van der Waals surface area contributed by atoms with Crippen LogP contribution in [0, 0.1) is 6.92 Å². The fourth-order valence-corrected chi connectivity index (χ4v) is 4.01. The van der Waals surface area contributed by atoms with E-state index in [2.05, 4.69) is 49.5 Å². The molecule has 0 radical (unpaired) electrons. The van der Waals surface area contributed by atoms with E-state index in [1.54, 1.807) is 12.1 Å². The first-order chi connectivity index (χ1) is 16.3. The van der Waals surface area contributed by atoms with E-state index >= 15 is 0 Å². The number of hydrogen-bond donors (Lipinski definition) is 1. The van der Waals surface area contributed by atoms with Crippen molar-refractivity contribution in [3.8, 4) is 17.0 Å². The predicted octanol–water partition coefficient (Wildman–Crippen LogP) is 6.89. The van der Waals surface area contributed by atoms with E-state index in [4.69, 9.17) is 9.72 Å². The first-order valence-electron chi connectivity index (χ1n) is 11.4. The maximum Gasteiger partial charge on any atom is 0.343 e. The quantitative estimate of drug-likeness (QED) is 0.240. The summed E-state index contributed by atoms with van der Waals surface area (Å²) in [4.78, 5) is 17.8. The molecule has 0 atom stereocenters. The average molecular weight is 450 g/mol. The van der Waals surface area contributed by atoms with E-state index in [1.807, 2.05) is 60.8 Å². The first kappa shape index (κ1) is 21.7. The Bertz CT molecular complexity index is 1530. The molecule has 0 saturated carbocycles. The molecule has 0 aliphatic rings. The van der Waals surface area contributed by atoms with Crippen LogP contribution in [0.25, 0.3) is 27.7 Å². The number of pyridine rings is 1. The number of fused-ring (bicyclic) bond motifs is 2. The lowest BCUT2D eigenvalue weighted by Crippen LogP contribution is -2.27. The molecule has 2 aromatic heterocycles. The van der Waals surface area contributed by atoms with E-state index in [9.17, 15) is 4.79 Å². The highest BCUT2D eigenvalue weighted by atomic mass is 16.5. The highest BCUT2D eigenvalue weighted by Gasteiger charge is 2.20. The van der Waals surface area contributed by atoms with Crippen LogP contribution >= 0.6 is 0 Å². The zero-order chi connectivity index (χ0) is 23.9. The summed E-state index contributed by atoms with van der Waals surface area (Å²) in [6.07, 6.45) is 2.03. The summed E-state index contributed by atoms with van der Waals surface area (Å²) in [7, 11) is 0. The van der Waals surface area contributed by atoms with Gasteiger partial charge in [-0.15, -0.1) is 0 Å². The van der Waals surface area contributed by atoms with Crippen LogP contribution in [0.5, 0.6) is 5.75 Å². The van der Waals surface area contributed by atoms with Crippen LogP contribution < -0.4 is 10.1 Å². The molecule has 34 heavy (non-hydrogen) atoms. The zero-order valence-corrected chi connectivity index (χ0v) is 19.8. The Hall–Kier alpha value is -4.12. The van der Waals surface area contributed by atoms with Crippen molar-refractivity contribution in [1.82, 2.24) is 9.38 Å². The third-order valence-corrected chi connectivity index (χ3v) is 5.58. The number of rotatable bonds is 4. The van der Waals surface area contributed by atoms with Crippen molar-refractivity contribution in [2.75, 3.05) is 5.32 Å². The summed E-state index contributed by atoms with van der Waals surface area (Å²) < 4.78 is 7.81. The standard InChI is InChI=1S/C29H27N3O2/c1-19-14-15-32-25(16-19)30-26(27(32)31-29(2,3)4)22-10-7-11-24(18-22)34-28(33)23-13-12-20-8-5-6-9-21(20)17-23/h5-18,31H,1-4H3. The minimum absolute atomic E-state index is 0.157. The minimum Gasteiger partial charge on any atom is -0.423 e. The molecule has 3 aromatic carbocycles. The van der Waals surface area contributed by atoms with Crippen LogP contribution in [0.4, 0.5) is 5.82 Å². The molecule has 0 aliphatic heterocycles. The number of aryl methyl sites for hydroxylation is 1. The van der Waals surface area contributed by atoms with E-state index in [-0.39, 0.29) is 11.5 Å². The van der Waals surface area contributed by atoms with Crippen molar-refractivity contribution in [3.05, 3.63) is 96.2 Å². The molecule has 0 unspecified atom stereocenters. The molecule has 0 aliphatic carbocycles. The lowest BCUT2D eigenvalue weighted by molar-refractivity contribution is 0.0735. The SMILES string of the molecule is Cc1ccn2c(NC(C)(C)C)c(-c3cccc(OC(=O)c4ccc5ccccc5c4)c3)nc2c1. The van der Waals surface area contributed by atoms with Gasteiger partial charge in [-0.2, -0.15) is 0 Å². The number of carbonyl (C=O) groups is 1. The fraction of sp³-hybridized carbons (Fsp3) is 0.172. The summed E-state index contributed by atoms with van der Waals surface area (Å²) >= 11 is 0. The number of benzene rings is 3. The molecule has 0 saturated heterocycles. The van der Waals surface area contributed by atoms with E-state index in [0.29, 0.717) is 11.3 Å². The molecule has 5 aromatic rings. The van der Waals surface area contributed by atoms with Crippen LogP contribution in [-0.4, -0.2) is 20.9 Å². The van der Waals surface area contributed by atoms with Gasteiger partial charge in [0.05, 0.1) is 5.56 Å². The number of anilines is 1. The highest BCUT2D eigenvalue weighted by molar-refractivity contribution is 5.96. The van der Waals surface area contributed by atoms with Gasteiger partial charge in [-0.05, 0) is 80.4 Å². The molecule has 1 N–H and O–H groups in total. The normalized spacial score (nSPS) is 11.6. The maximum atomic E-state index is 12.9. The van der Waals surface area contributed by atoms with E-state index < -0.39 is 0 Å². The molecule has 2 heterocycles. The third kappa shape index (κ3) is 4.37. The van der Waals surface area contributed by atoms with Crippen LogP contribution in [0.3, 0.4) is 0 Å². The second-order valence-corrected chi connectivity index (χ2v) is 9.60. The smallest absolute Gasteiger partial charge is 0.343 e. The average Bonchev–Trinajstić information content (AvgIpc) is 3.14. The Balaban J connectivity index is 1.50. The number of ether oxygens (including phenoxy) is 1. The van der Waals surface area contributed by atoms with Gasteiger partial charge in [-0.25, -0.2) is 9.78 Å². The van der Waals surface area contributed by atoms with E-state index in [1.165, 1.54) is 0 Å². The first-order valence-corrected chi connectivity index (χ1v) is 11.4. The van der Waals surface area contributed by atoms with Gasteiger partial charge < -0.3 is 10.1 Å². The number of nitrogens with zero attached hydrogens (tertiary/aromatic N) is 2. The minimum atomic E-state index is -0.387. The van der Waals surface area contributed by atoms with Gasteiger partial charge in [0.25, 0.3) is 0 Å². The van der Waals surface area contributed by atoms with Gasteiger partial charge in [0.2, 0.25) is 0 Å². The van der Waals surface area contributed by atoms with Crippen molar-refractivity contribution in [3.63, 3.8) is 0 Å². The van der Waals surface area contributed by atoms with Crippen molar-refractivity contribution in [2.24, 2.45) is 0 Å². The summed E-state index contributed by atoms with van der Waals surface area (Å²) in [6.45, 7) is 8.41. The Morgan fingerprint density at radius 2 is 1.71 bits per heavy atom. The molecule has 5 heteroatoms. The monoisotopic (exact) mass is 449 g/mol. The van der Waals surface area contributed by atoms with Crippen LogP contribution in [0.1, 0.15) is 36.7 Å². The number of aromatic nitrogens is 2. The molecule has 5 nitrogen and oxygen atoms in total. The van der Waals surface area contributed by atoms with Crippen LogP contribution in [0.15, 0.2) is 85.1 Å². The van der Waals surface area contributed by atoms with Crippen molar-refractivity contribution in [1.29, 1.82) is 0 Å². The van der Waals surface area contributed by atoms with E-state index in [0.717, 1.165) is 39.1 Å². The largest absolute Gasteiger partial charge is 0.423 e. The van der Waals surface area contributed by atoms with Gasteiger partial charge in [-0.3, -0.25) is 4.40 Å². The summed E-state index contributed by atoms with van der Waals surface area (Å²) in [5.41, 5.74) is 4.05. The Kier molecular flexibility index (Phi) is 5.33. The predicted molar refractivity (Wildman–Crippen MR) is 138 cm³/mol. The number of carbonyl (C=O) groups excluding carboxylic acids is 1. The second-order valence-electron chi connectivity index (χ2n) is 9.60. The molecule has 0 fully saturated rings. The Morgan fingerprint density at radius 1 is 0.912 bits per heavy atom. The lowest BCUT2D eigenvalue weighted by Gasteiger charge is -2.22. The fourth-order valence-electron chi connectivity index (χ4n) is 4.01. The molecule has 0 amide bonds. The Labute approximate surface area is 199 Å². The second kappa shape index (κ2) is 8.34. The summed E-state index contributed by atoms with van der Waals surface area (Å²) in [5.74, 6) is 0.993. The summed E-state index contributed by atoms with van der Waals surface area (Å²) in [6, 6.07) is 25.2. The highest BCUT2D eigenvalue weighted by Crippen LogP contribution is 2.33. The van der Waals surface area contributed by atoms with Gasteiger partial charge in [0.15, 0.2) is 0 Å². The van der Waals surface area contributed by atoms with Gasteiger partial charge in [0.1, 0.15) is 22.9 Å². The summed E-state index contributed by atoms with van der Waals surface area (Å²) in [5, 5.41) is 5.68. The van der Waals surface area contributed by atoms with Gasteiger partial charge >= 0.3 is 5.97 Å². The molecular weight excluding hydrogens is 422 g/mol. The molecular formula is C29H27N3O2. The van der Waals surface area contributed by atoms with Crippen molar-refractivity contribution >= 4 is 28.2 Å². The van der Waals surface area contributed by atoms with Crippen LogP contribution in [0.2, 0.25) is 0 Å². The molecule has 170 valence electrons. The lowest BCUT2D eigenvalue weighted by atomic mass is 10.1. The zero-order valence-electron chi connectivity index (χ0n) is 19.8. The van der Waals surface area contributed by atoms with Crippen molar-refractivity contribution in [2.45, 2.75) is 33.2 Å². The maximum absolute atomic E-state index is 12.9. The van der Waals surface area contributed by atoms with Crippen LogP contribution in [-0.2, 0) is 0 Å². The Morgan fingerprint density at radius 3 is 2.50 bits per heavy atom. The topological polar surface area (TPSA) is 55.6 Å². The molecule has 0 spiro atoms. The number of nitrogens with one attached hydrogen (secondary N) is 1. The number of hydrogen-bond acceptors (Lipinski definition) is 4. The van der Waals surface area contributed by atoms with Crippen molar-refractivity contribution < 1.29 is 9.53 Å². The van der Waals surface area contributed by atoms with Gasteiger partial charge in [0, 0.05) is 17.3 Å². The third-order valence-electron chi connectivity index (χ3n) is 5.58. The molecule has 0 bridgehead atoms.